The molecule has 0 aromatic heterocycles. The summed E-state index contributed by atoms with van der Waals surface area (Å²) in [5, 5.41) is 2.60. The van der Waals surface area contributed by atoms with Crippen LogP contribution in [-0.4, -0.2) is 0 Å². The van der Waals surface area contributed by atoms with E-state index in [0.29, 0.717) is 0 Å². The Morgan fingerprint density at radius 3 is 2.25 bits per heavy atom. The first-order valence-corrected chi connectivity index (χ1v) is 7.11. The molecule has 0 bridgehead atoms. The monoisotopic (exact) mass is 258 g/mol. The molecule has 98 valence electrons. The molecule has 3 aromatic rings. The van der Waals surface area contributed by atoms with Crippen molar-refractivity contribution in [2.45, 2.75) is 13.3 Å². The molecule has 0 heterocycles. The number of fused-ring (bicyclic) bond motifs is 1. The van der Waals surface area contributed by atoms with Crippen LogP contribution in [0.5, 0.6) is 0 Å². The molecular formula is C20H18. The van der Waals surface area contributed by atoms with E-state index in [1.54, 1.807) is 0 Å². The fraction of sp³-hybridized carbons (Fsp3) is 0.100. The average Bonchev–Trinajstić information content (AvgIpc) is 2.53. The highest BCUT2D eigenvalue weighted by Crippen LogP contribution is 2.25. The fourth-order valence-electron chi connectivity index (χ4n) is 2.53. The van der Waals surface area contributed by atoms with E-state index in [4.69, 9.17) is 0 Å². The van der Waals surface area contributed by atoms with E-state index in [1.807, 2.05) is 0 Å². The molecule has 0 heteroatoms. The first-order chi connectivity index (χ1) is 9.86. The number of rotatable bonds is 3. The Hall–Kier alpha value is -2.34. The number of hydrogen-bond donors (Lipinski definition) is 0. The van der Waals surface area contributed by atoms with Gasteiger partial charge in [-0.3, -0.25) is 0 Å². The lowest BCUT2D eigenvalue weighted by molar-refractivity contribution is 1.25. The fourth-order valence-corrected chi connectivity index (χ4v) is 2.53. The van der Waals surface area contributed by atoms with Gasteiger partial charge in [0.1, 0.15) is 0 Å². The summed E-state index contributed by atoms with van der Waals surface area (Å²) in [6.45, 7) is 2.21. The second-order valence-corrected chi connectivity index (χ2v) is 5.00. The molecule has 0 aliphatic rings. The number of allylic oxidation sites excluding steroid dienone is 1. The molecule has 0 atom stereocenters. The molecule has 0 nitrogen and oxygen atoms in total. The second kappa shape index (κ2) is 5.75. The zero-order valence-corrected chi connectivity index (χ0v) is 11.7. The SMILES string of the molecule is CC/C(=C/c1ccccc1)c1ccc2ccccc2c1. The Balaban J connectivity index is 2.05. The maximum atomic E-state index is 2.29. The first kappa shape index (κ1) is 12.7. The lowest BCUT2D eigenvalue weighted by Crippen LogP contribution is -1.84. The van der Waals surface area contributed by atoms with Crippen LogP contribution >= 0.6 is 0 Å². The van der Waals surface area contributed by atoms with Crippen molar-refractivity contribution in [3.05, 3.63) is 83.9 Å². The molecule has 3 rings (SSSR count). The third-order valence-corrected chi connectivity index (χ3v) is 3.64. The minimum absolute atomic E-state index is 1.03. The topological polar surface area (TPSA) is 0 Å². The first-order valence-electron chi connectivity index (χ1n) is 7.11. The van der Waals surface area contributed by atoms with Crippen molar-refractivity contribution < 1.29 is 0 Å². The molecule has 0 saturated heterocycles. The van der Waals surface area contributed by atoms with Crippen LogP contribution in [0.25, 0.3) is 22.4 Å². The van der Waals surface area contributed by atoms with E-state index in [-0.39, 0.29) is 0 Å². The molecule has 0 fully saturated rings. The van der Waals surface area contributed by atoms with Gasteiger partial charge in [0.25, 0.3) is 0 Å². The van der Waals surface area contributed by atoms with E-state index >= 15 is 0 Å². The van der Waals surface area contributed by atoms with Gasteiger partial charge in [0.15, 0.2) is 0 Å². The van der Waals surface area contributed by atoms with Gasteiger partial charge in [-0.25, -0.2) is 0 Å². The minimum Gasteiger partial charge on any atom is -0.0622 e. The van der Waals surface area contributed by atoms with Gasteiger partial charge in [-0.1, -0.05) is 79.7 Å². The van der Waals surface area contributed by atoms with E-state index in [2.05, 4.69) is 85.8 Å². The molecule has 0 unspecified atom stereocenters. The van der Waals surface area contributed by atoms with Crippen LogP contribution in [0.3, 0.4) is 0 Å². The maximum absolute atomic E-state index is 2.29. The van der Waals surface area contributed by atoms with Gasteiger partial charge in [-0.15, -0.1) is 0 Å². The third-order valence-electron chi connectivity index (χ3n) is 3.64. The van der Waals surface area contributed by atoms with E-state index in [9.17, 15) is 0 Å². The lowest BCUT2D eigenvalue weighted by Gasteiger charge is -2.07. The van der Waals surface area contributed by atoms with E-state index in [1.165, 1.54) is 27.5 Å². The molecule has 3 aromatic carbocycles. The van der Waals surface area contributed by atoms with Crippen molar-refractivity contribution in [3.63, 3.8) is 0 Å². The molecule has 0 amide bonds. The summed E-state index contributed by atoms with van der Waals surface area (Å²) in [7, 11) is 0. The van der Waals surface area contributed by atoms with Crippen LogP contribution in [0.4, 0.5) is 0 Å². The Morgan fingerprint density at radius 2 is 1.50 bits per heavy atom. The van der Waals surface area contributed by atoms with Crippen molar-refractivity contribution in [2.24, 2.45) is 0 Å². The number of benzene rings is 3. The van der Waals surface area contributed by atoms with Crippen molar-refractivity contribution in [1.82, 2.24) is 0 Å². The molecule has 0 aliphatic heterocycles. The predicted molar refractivity (Wildman–Crippen MR) is 88.6 cm³/mol. The molecule has 20 heavy (non-hydrogen) atoms. The molecular weight excluding hydrogens is 240 g/mol. The van der Waals surface area contributed by atoms with Crippen molar-refractivity contribution in [2.75, 3.05) is 0 Å². The smallest absolute Gasteiger partial charge is 0.0178 e. The summed E-state index contributed by atoms with van der Waals surface area (Å²) in [5.41, 5.74) is 3.95. The van der Waals surface area contributed by atoms with Crippen LogP contribution in [0.15, 0.2) is 72.8 Å². The molecule has 0 radical (unpaired) electrons. The van der Waals surface area contributed by atoms with Crippen LogP contribution < -0.4 is 0 Å². The highest BCUT2D eigenvalue weighted by Gasteiger charge is 2.01. The van der Waals surface area contributed by atoms with Gasteiger partial charge in [-0.05, 0) is 40.0 Å². The van der Waals surface area contributed by atoms with Gasteiger partial charge in [0.2, 0.25) is 0 Å². The van der Waals surface area contributed by atoms with Crippen LogP contribution in [0.2, 0.25) is 0 Å². The van der Waals surface area contributed by atoms with E-state index < -0.39 is 0 Å². The zero-order valence-electron chi connectivity index (χ0n) is 11.7. The molecule has 0 N–H and O–H groups in total. The molecule has 0 aliphatic carbocycles. The van der Waals surface area contributed by atoms with Gasteiger partial charge in [0.05, 0.1) is 0 Å². The van der Waals surface area contributed by atoms with E-state index in [0.717, 1.165) is 6.42 Å². The lowest BCUT2D eigenvalue weighted by atomic mass is 9.98. The molecule has 0 saturated carbocycles. The summed E-state index contributed by atoms with van der Waals surface area (Å²) in [6, 6.07) is 25.8. The summed E-state index contributed by atoms with van der Waals surface area (Å²) in [6.07, 6.45) is 3.32. The summed E-state index contributed by atoms with van der Waals surface area (Å²) in [5.74, 6) is 0. The standard InChI is InChI=1S/C20H18/c1-2-17(14-16-8-4-3-5-9-16)20-13-12-18-10-6-7-11-19(18)15-20/h3-15H,2H2,1H3/b17-14-. The highest BCUT2D eigenvalue weighted by molar-refractivity contribution is 5.89. The summed E-state index contributed by atoms with van der Waals surface area (Å²) < 4.78 is 0. The predicted octanol–water partition coefficient (Wildman–Crippen LogP) is 5.79. The quantitative estimate of drug-likeness (QED) is 0.521. The molecule has 0 spiro atoms. The summed E-state index contributed by atoms with van der Waals surface area (Å²) >= 11 is 0. The largest absolute Gasteiger partial charge is 0.0622 e. The van der Waals surface area contributed by atoms with Crippen molar-refractivity contribution >= 4 is 22.4 Å². The Kier molecular flexibility index (Phi) is 3.64. The van der Waals surface area contributed by atoms with Crippen LogP contribution in [0, 0.1) is 0 Å². The Labute approximate surface area is 120 Å². The minimum atomic E-state index is 1.03. The van der Waals surface area contributed by atoms with Crippen LogP contribution in [-0.2, 0) is 0 Å². The van der Waals surface area contributed by atoms with Gasteiger partial charge in [-0.2, -0.15) is 0 Å². The van der Waals surface area contributed by atoms with Gasteiger partial charge in [0, 0.05) is 0 Å². The van der Waals surface area contributed by atoms with Crippen LogP contribution in [0.1, 0.15) is 24.5 Å². The second-order valence-electron chi connectivity index (χ2n) is 5.00. The zero-order chi connectivity index (χ0) is 13.8. The van der Waals surface area contributed by atoms with Crippen molar-refractivity contribution in [1.29, 1.82) is 0 Å². The summed E-state index contributed by atoms with van der Waals surface area (Å²) in [4.78, 5) is 0. The maximum Gasteiger partial charge on any atom is -0.0178 e. The third kappa shape index (κ3) is 2.65. The van der Waals surface area contributed by atoms with Gasteiger partial charge >= 0.3 is 0 Å². The van der Waals surface area contributed by atoms with Crippen molar-refractivity contribution in [3.8, 4) is 0 Å². The Morgan fingerprint density at radius 1 is 0.800 bits per heavy atom. The highest BCUT2D eigenvalue weighted by atomic mass is 14.1. The normalized spacial score (nSPS) is 11.8. The number of hydrogen-bond acceptors (Lipinski definition) is 0. The average molecular weight is 258 g/mol. The van der Waals surface area contributed by atoms with Gasteiger partial charge < -0.3 is 0 Å². The Bertz CT molecular complexity index is 736.